The van der Waals surface area contributed by atoms with Gasteiger partial charge in [-0.3, -0.25) is 0 Å². The van der Waals surface area contributed by atoms with Crippen LogP contribution in [-0.2, 0) is 6.42 Å². The highest BCUT2D eigenvalue weighted by atomic mass is 32.1. The minimum Gasteiger partial charge on any atom is -0.391 e. The molecule has 0 bridgehead atoms. The molecule has 0 aliphatic carbocycles. The molecule has 4 rings (SSSR count). The molecule has 1 fully saturated rings. The number of piperidine rings is 1. The second-order valence-electron chi connectivity index (χ2n) is 6.59. The summed E-state index contributed by atoms with van der Waals surface area (Å²) in [5.41, 5.74) is 1.08. The van der Waals surface area contributed by atoms with Crippen LogP contribution in [0.5, 0.6) is 0 Å². The van der Waals surface area contributed by atoms with E-state index in [0.29, 0.717) is 12.5 Å². The third-order valence-electron chi connectivity index (χ3n) is 4.55. The van der Waals surface area contributed by atoms with Crippen LogP contribution in [0, 0.1) is 0 Å². The SMILES string of the molecule is O[C@H]1CCCN(c2ccnc(NCCCc3nc4ccccc4s3)n2)C1. The maximum absolute atomic E-state index is 9.84. The standard InChI is InChI=1S/C19H23N5OS/c25-14-5-4-12-24(13-14)17-9-11-21-19(23-17)20-10-3-8-18-22-15-6-1-2-7-16(15)26-18/h1-2,6-7,9,11,14,25H,3-5,8,10,12-13H2,(H,20,21,23)/t14-/m0/s1. The molecule has 6 nitrogen and oxygen atoms in total. The van der Waals surface area contributed by atoms with Crippen LogP contribution < -0.4 is 10.2 Å². The van der Waals surface area contributed by atoms with E-state index in [1.807, 2.05) is 12.1 Å². The van der Waals surface area contributed by atoms with E-state index in [1.165, 1.54) is 9.71 Å². The van der Waals surface area contributed by atoms with E-state index < -0.39 is 0 Å². The lowest BCUT2D eigenvalue weighted by Crippen LogP contribution is -2.38. The zero-order valence-electron chi connectivity index (χ0n) is 14.6. The molecular weight excluding hydrogens is 346 g/mol. The summed E-state index contributed by atoms with van der Waals surface area (Å²) in [6.45, 7) is 2.39. The Balaban J connectivity index is 1.30. The van der Waals surface area contributed by atoms with Crippen molar-refractivity contribution < 1.29 is 5.11 Å². The number of hydrogen-bond acceptors (Lipinski definition) is 7. The zero-order chi connectivity index (χ0) is 17.8. The largest absolute Gasteiger partial charge is 0.391 e. The van der Waals surface area contributed by atoms with Crippen LogP contribution >= 0.6 is 11.3 Å². The lowest BCUT2D eigenvalue weighted by Gasteiger charge is -2.31. The van der Waals surface area contributed by atoms with Gasteiger partial charge in [0.25, 0.3) is 0 Å². The maximum atomic E-state index is 9.84. The zero-order valence-corrected chi connectivity index (χ0v) is 15.5. The molecular formula is C19H23N5OS. The van der Waals surface area contributed by atoms with Gasteiger partial charge in [-0.05, 0) is 37.5 Å². The Kier molecular flexibility index (Phi) is 5.26. The Hall–Kier alpha value is -2.25. The average Bonchev–Trinajstić information content (AvgIpc) is 3.08. The lowest BCUT2D eigenvalue weighted by atomic mass is 10.1. The normalized spacial score (nSPS) is 17.6. The highest BCUT2D eigenvalue weighted by molar-refractivity contribution is 7.18. The monoisotopic (exact) mass is 369 g/mol. The van der Waals surface area contributed by atoms with Crippen molar-refractivity contribution in [2.45, 2.75) is 31.8 Å². The fraction of sp³-hybridized carbons (Fsp3) is 0.421. The van der Waals surface area contributed by atoms with E-state index >= 15 is 0 Å². The number of fused-ring (bicyclic) bond motifs is 1. The first kappa shape index (κ1) is 17.2. The van der Waals surface area contributed by atoms with E-state index in [1.54, 1.807) is 17.5 Å². The Morgan fingerprint density at radius 1 is 1.23 bits per heavy atom. The fourth-order valence-corrected chi connectivity index (χ4v) is 4.25. The highest BCUT2D eigenvalue weighted by Gasteiger charge is 2.19. The van der Waals surface area contributed by atoms with Crippen molar-refractivity contribution in [1.29, 1.82) is 0 Å². The Morgan fingerprint density at radius 3 is 3.04 bits per heavy atom. The molecule has 0 spiro atoms. The number of β-amino-alcohol motifs (C(OH)–C–C–N with tert-alkyl or cyclic N) is 1. The summed E-state index contributed by atoms with van der Waals surface area (Å²) >= 11 is 1.76. The number of aryl methyl sites for hydroxylation is 1. The molecule has 1 saturated heterocycles. The molecule has 3 aromatic rings. The van der Waals surface area contributed by atoms with E-state index in [-0.39, 0.29) is 6.10 Å². The third kappa shape index (κ3) is 4.11. The minimum atomic E-state index is -0.260. The number of aliphatic hydroxyl groups excluding tert-OH is 1. The number of anilines is 2. The van der Waals surface area contributed by atoms with E-state index in [9.17, 15) is 5.11 Å². The van der Waals surface area contributed by atoms with Gasteiger partial charge in [-0.2, -0.15) is 4.98 Å². The quantitative estimate of drug-likeness (QED) is 0.651. The number of nitrogens with one attached hydrogen (secondary N) is 1. The first-order valence-corrected chi connectivity index (χ1v) is 9.94. The minimum absolute atomic E-state index is 0.260. The molecule has 7 heteroatoms. The van der Waals surface area contributed by atoms with Gasteiger partial charge < -0.3 is 15.3 Å². The number of para-hydroxylation sites is 1. The van der Waals surface area contributed by atoms with E-state index in [0.717, 1.165) is 50.1 Å². The van der Waals surface area contributed by atoms with Crippen LogP contribution in [0.4, 0.5) is 11.8 Å². The molecule has 2 aromatic heterocycles. The highest BCUT2D eigenvalue weighted by Crippen LogP contribution is 2.22. The summed E-state index contributed by atoms with van der Waals surface area (Å²) in [6, 6.07) is 10.2. The number of aliphatic hydroxyl groups is 1. The summed E-state index contributed by atoms with van der Waals surface area (Å²) in [5.74, 6) is 1.53. The maximum Gasteiger partial charge on any atom is 0.224 e. The van der Waals surface area contributed by atoms with Gasteiger partial charge in [0.05, 0.1) is 21.3 Å². The molecule has 3 heterocycles. The van der Waals surface area contributed by atoms with Crippen molar-refractivity contribution in [2.75, 3.05) is 29.9 Å². The number of nitrogens with zero attached hydrogens (tertiary/aromatic N) is 4. The van der Waals surface area contributed by atoms with E-state index in [4.69, 9.17) is 0 Å². The van der Waals surface area contributed by atoms with Gasteiger partial charge in [0.1, 0.15) is 5.82 Å². The Labute approximate surface area is 156 Å². The van der Waals surface area contributed by atoms with Gasteiger partial charge in [0.2, 0.25) is 5.95 Å². The first-order valence-electron chi connectivity index (χ1n) is 9.12. The van der Waals surface area contributed by atoms with Crippen LogP contribution in [0.15, 0.2) is 36.5 Å². The second-order valence-corrected chi connectivity index (χ2v) is 7.70. The van der Waals surface area contributed by atoms with Crippen molar-refractivity contribution in [2.24, 2.45) is 0 Å². The summed E-state index contributed by atoms with van der Waals surface area (Å²) < 4.78 is 1.25. The summed E-state index contributed by atoms with van der Waals surface area (Å²) in [4.78, 5) is 15.7. The smallest absolute Gasteiger partial charge is 0.224 e. The molecule has 136 valence electrons. The predicted molar refractivity (Wildman–Crippen MR) is 106 cm³/mol. The molecule has 26 heavy (non-hydrogen) atoms. The first-order chi connectivity index (χ1) is 12.8. The molecule has 0 unspecified atom stereocenters. The Bertz CT molecular complexity index is 835. The van der Waals surface area contributed by atoms with Crippen LogP contribution in [0.25, 0.3) is 10.2 Å². The molecule has 0 amide bonds. The Morgan fingerprint density at radius 2 is 2.15 bits per heavy atom. The number of aromatic nitrogens is 3. The lowest BCUT2D eigenvalue weighted by molar-refractivity contribution is 0.154. The summed E-state index contributed by atoms with van der Waals surface area (Å²) in [6.07, 6.45) is 5.32. The van der Waals surface area contributed by atoms with Gasteiger partial charge >= 0.3 is 0 Å². The van der Waals surface area contributed by atoms with Crippen molar-refractivity contribution in [3.8, 4) is 0 Å². The van der Waals surface area contributed by atoms with Crippen LogP contribution in [-0.4, -0.2) is 45.8 Å². The van der Waals surface area contributed by atoms with Crippen molar-refractivity contribution >= 4 is 33.3 Å². The van der Waals surface area contributed by atoms with E-state index in [2.05, 4.69) is 43.4 Å². The molecule has 1 aromatic carbocycles. The molecule has 1 atom stereocenters. The van der Waals surface area contributed by atoms with Crippen molar-refractivity contribution in [1.82, 2.24) is 15.0 Å². The molecule has 2 N–H and O–H groups in total. The van der Waals surface area contributed by atoms with Gasteiger partial charge in [-0.1, -0.05) is 12.1 Å². The molecule has 1 aliphatic heterocycles. The van der Waals surface area contributed by atoms with Gasteiger partial charge in [0, 0.05) is 32.3 Å². The number of rotatable bonds is 6. The molecule has 0 saturated carbocycles. The van der Waals surface area contributed by atoms with Gasteiger partial charge in [-0.15, -0.1) is 11.3 Å². The number of thiazole rings is 1. The third-order valence-corrected chi connectivity index (χ3v) is 5.65. The van der Waals surface area contributed by atoms with Crippen LogP contribution in [0.1, 0.15) is 24.3 Å². The van der Waals surface area contributed by atoms with Crippen LogP contribution in [0.3, 0.4) is 0 Å². The second kappa shape index (κ2) is 7.97. The van der Waals surface area contributed by atoms with Crippen LogP contribution in [0.2, 0.25) is 0 Å². The molecule has 0 radical (unpaired) electrons. The number of benzene rings is 1. The summed E-state index contributed by atoms with van der Waals surface area (Å²) in [7, 11) is 0. The number of hydrogen-bond donors (Lipinski definition) is 2. The van der Waals surface area contributed by atoms with Gasteiger partial charge in [-0.25, -0.2) is 9.97 Å². The van der Waals surface area contributed by atoms with Crippen molar-refractivity contribution in [3.63, 3.8) is 0 Å². The fourth-order valence-electron chi connectivity index (χ4n) is 3.24. The topological polar surface area (TPSA) is 74.2 Å². The summed E-state index contributed by atoms with van der Waals surface area (Å²) in [5, 5.41) is 14.3. The van der Waals surface area contributed by atoms with Gasteiger partial charge in [0.15, 0.2) is 0 Å². The molecule has 1 aliphatic rings. The van der Waals surface area contributed by atoms with Crippen molar-refractivity contribution in [3.05, 3.63) is 41.5 Å². The average molecular weight is 369 g/mol. The predicted octanol–water partition coefficient (Wildman–Crippen LogP) is 3.09.